The van der Waals surface area contributed by atoms with E-state index in [0.29, 0.717) is 0 Å². The standard InChI is InChI=1S/C19H20N4O2/c1-2-14-19(21-12-24-14)15(3-1)25-16-6-4-13-5-7-17(22-18(13)16)23-10-8-20-9-11-23/h1-3,5,7,12,16,20H,4,6,8-11H2/t16-/m0/s1. The van der Waals surface area contributed by atoms with E-state index < -0.39 is 0 Å². The highest BCUT2D eigenvalue weighted by Crippen LogP contribution is 2.37. The zero-order valence-electron chi connectivity index (χ0n) is 13.9. The van der Waals surface area contributed by atoms with Gasteiger partial charge in [0.25, 0.3) is 0 Å². The van der Waals surface area contributed by atoms with E-state index in [4.69, 9.17) is 14.1 Å². The molecular formula is C19H20N4O2. The Morgan fingerprint density at radius 2 is 2.08 bits per heavy atom. The van der Waals surface area contributed by atoms with Crippen molar-refractivity contribution in [3.8, 4) is 5.75 Å². The Hall–Kier alpha value is -2.60. The molecular weight excluding hydrogens is 316 g/mol. The molecule has 1 fully saturated rings. The lowest BCUT2D eigenvalue weighted by Crippen LogP contribution is -2.44. The molecule has 1 saturated heterocycles. The van der Waals surface area contributed by atoms with Gasteiger partial charge in [0.15, 0.2) is 17.5 Å². The van der Waals surface area contributed by atoms with Crippen LogP contribution >= 0.6 is 0 Å². The molecule has 2 aromatic heterocycles. The van der Waals surface area contributed by atoms with Crippen LogP contribution in [0.5, 0.6) is 5.75 Å². The molecule has 1 aromatic carbocycles. The van der Waals surface area contributed by atoms with Gasteiger partial charge in [0, 0.05) is 26.2 Å². The number of aromatic nitrogens is 2. The van der Waals surface area contributed by atoms with Gasteiger partial charge in [0.1, 0.15) is 17.7 Å². The predicted octanol–water partition coefficient (Wildman–Crippen LogP) is 2.70. The zero-order valence-corrected chi connectivity index (χ0v) is 13.9. The molecule has 6 nitrogen and oxygen atoms in total. The molecule has 3 aromatic rings. The third-order valence-electron chi connectivity index (χ3n) is 5.01. The van der Waals surface area contributed by atoms with Gasteiger partial charge in [0.05, 0.1) is 5.69 Å². The second-order valence-electron chi connectivity index (χ2n) is 6.55. The summed E-state index contributed by atoms with van der Waals surface area (Å²) in [7, 11) is 0. The van der Waals surface area contributed by atoms with Gasteiger partial charge in [-0.3, -0.25) is 0 Å². The summed E-state index contributed by atoms with van der Waals surface area (Å²) < 4.78 is 11.7. The van der Waals surface area contributed by atoms with Crippen molar-refractivity contribution in [2.75, 3.05) is 31.1 Å². The van der Waals surface area contributed by atoms with Crippen LogP contribution in [0.4, 0.5) is 5.82 Å². The topological polar surface area (TPSA) is 63.4 Å². The maximum Gasteiger partial charge on any atom is 0.182 e. The van der Waals surface area contributed by atoms with E-state index in [1.165, 1.54) is 12.0 Å². The van der Waals surface area contributed by atoms with Crippen LogP contribution < -0.4 is 15.0 Å². The minimum absolute atomic E-state index is 0.0276. The second-order valence-corrected chi connectivity index (χ2v) is 6.55. The minimum Gasteiger partial charge on any atom is -0.482 e. The molecule has 5 rings (SSSR count). The number of nitrogens with one attached hydrogen (secondary N) is 1. The number of hydrogen-bond acceptors (Lipinski definition) is 6. The van der Waals surface area contributed by atoms with Crippen LogP contribution in [0.25, 0.3) is 11.1 Å². The highest BCUT2D eigenvalue weighted by atomic mass is 16.5. The summed E-state index contributed by atoms with van der Waals surface area (Å²) >= 11 is 0. The third-order valence-corrected chi connectivity index (χ3v) is 5.01. The van der Waals surface area contributed by atoms with Gasteiger partial charge in [-0.15, -0.1) is 0 Å². The summed E-state index contributed by atoms with van der Waals surface area (Å²) in [6.45, 7) is 4.00. The fourth-order valence-corrected chi connectivity index (χ4v) is 3.70. The summed E-state index contributed by atoms with van der Waals surface area (Å²) in [6, 6.07) is 10.1. The van der Waals surface area contributed by atoms with Crippen molar-refractivity contribution in [1.82, 2.24) is 15.3 Å². The number of anilines is 1. The highest BCUT2D eigenvalue weighted by molar-refractivity contribution is 5.79. The Balaban J connectivity index is 1.45. The van der Waals surface area contributed by atoms with Crippen molar-refractivity contribution in [2.45, 2.75) is 18.9 Å². The molecule has 1 atom stereocenters. The number of ether oxygens (including phenoxy) is 1. The smallest absolute Gasteiger partial charge is 0.182 e. The molecule has 3 heterocycles. The summed E-state index contributed by atoms with van der Waals surface area (Å²) in [5, 5.41) is 3.38. The van der Waals surface area contributed by atoms with Gasteiger partial charge in [-0.25, -0.2) is 9.97 Å². The fraction of sp³-hybridized carbons (Fsp3) is 0.368. The van der Waals surface area contributed by atoms with E-state index in [1.807, 2.05) is 18.2 Å². The molecule has 0 spiro atoms. The van der Waals surface area contributed by atoms with E-state index in [2.05, 4.69) is 27.3 Å². The number of rotatable bonds is 3. The van der Waals surface area contributed by atoms with Crippen LogP contribution in [0, 0.1) is 0 Å². The van der Waals surface area contributed by atoms with Crippen LogP contribution in [0.2, 0.25) is 0 Å². The quantitative estimate of drug-likeness (QED) is 0.793. The van der Waals surface area contributed by atoms with Gasteiger partial charge in [-0.05, 0) is 36.6 Å². The Bertz CT molecular complexity index is 901. The van der Waals surface area contributed by atoms with Crippen LogP contribution in [0.15, 0.2) is 41.1 Å². The second kappa shape index (κ2) is 6.04. The van der Waals surface area contributed by atoms with Gasteiger partial charge in [0.2, 0.25) is 0 Å². The zero-order chi connectivity index (χ0) is 16.6. The number of pyridine rings is 1. The summed E-state index contributed by atoms with van der Waals surface area (Å²) in [5.74, 6) is 1.81. The minimum atomic E-state index is -0.0276. The summed E-state index contributed by atoms with van der Waals surface area (Å²) in [6.07, 6.45) is 3.38. The third kappa shape index (κ3) is 2.62. The highest BCUT2D eigenvalue weighted by Gasteiger charge is 2.28. The van der Waals surface area contributed by atoms with Crippen molar-refractivity contribution in [3.05, 3.63) is 48.0 Å². The predicted molar refractivity (Wildman–Crippen MR) is 95.0 cm³/mol. The molecule has 128 valence electrons. The largest absolute Gasteiger partial charge is 0.482 e. The number of fused-ring (bicyclic) bond motifs is 2. The molecule has 0 bridgehead atoms. The molecule has 0 saturated carbocycles. The fourth-order valence-electron chi connectivity index (χ4n) is 3.70. The average molecular weight is 336 g/mol. The van der Waals surface area contributed by atoms with Crippen LogP contribution in [0.1, 0.15) is 23.8 Å². The number of oxazole rings is 1. The van der Waals surface area contributed by atoms with E-state index in [9.17, 15) is 0 Å². The normalized spacial score (nSPS) is 20.0. The first-order valence-corrected chi connectivity index (χ1v) is 8.83. The van der Waals surface area contributed by atoms with Crippen molar-refractivity contribution in [3.63, 3.8) is 0 Å². The van der Waals surface area contributed by atoms with Gasteiger partial charge >= 0.3 is 0 Å². The molecule has 1 aliphatic carbocycles. The number of piperazine rings is 1. The van der Waals surface area contributed by atoms with Crippen molar-refractivity contribution in [2.24, 2.45) is 0 Å². The number of aryl methyl sites for hydroxylation is 1. The van der Waals surface area contributed by atoms with Crippen molar-refractivity contribution < 1.29 is 9.15 Å². The van der Waals surface area contributed by atoms with Gasteiger partial charge in [-0.2, -0.15) is 0 Å². The lowest BCUT2D eigenvalue weighted by Gasteiger charge is -2.29. The molecule has 6 heteroatoms. The van der Waals surface area contributed by atoms with E-state index in [1.54, 1.807) is 0 Å². The molecule has 0 unspecified atom stereocenters. The van der Waals surface area contributed by atoms with Crippen molar-refractivity contribution >= 4 is 16.9 Å². The van der Waals surface area contributed by atoms with Crippen LogP contribution in [-0.4, -0.2) is 36.1 Å². The maximum absolute atomic E-state index is 6.30. The first-order chi connectivity index (χ1) is 12.4. The average Bonchev–Trinajstić information content (AvgIpc) is 3.30. The molecule has 25 heavy (non-hydrogen) atoms. The summed E-state index contributed by atoms with van der Waals surface area (Å²) in [5.41, 5.74) is 3.88. The summed E-state index contributed by atoms with van der Waals surface area (Å²) in [4.78, 5) is 11.6. The van der Waals surface area contributed by atoms with Crippen molar-refractivity contribution in [1.29, 1.82) is 0 Å². The Labute approximate surface area is 145 Å². The van der Waals surface area contributed by atoms with E-state index in [0.717, 1.165) is 67.4 Å². The first kappa shape index (κ1) is 14.7. The Morgan fingerprint density at radius 1 is 1.16 bits per heavy atom. The molecule has 0 amide bonds. The van der Waals surface area contributed by atoms with Gasteiger partial charge in [-0.1, -0.05) is 12.1 Å². The SMILES string of the molecule is c1cc(O[C@H]2CCc3ccc(N4CCNCC4)nc32)c2ncoc2c1. The van der Waals surface area contributed by atoms with Crippen LogP contribution in [-0.2, 0) is 6.42 Å². The molecule has 1 N–H and O–H groups in total. The molecule has 1 aliphatic heterocycles. The van der Waals surface area contributed by atoms with E-state index in [-0.39, 0.29) is 6.10 Å². The number of para-hydroxylation sites is 1. The number of benzene rings is 1. The monoisotopic (exact) mass is 336 g/mol. The number of nitrogens with zero attached hydrogens (tertiary/aromatic N) is 3. The lowest BCUT2D eigenvalue weighted by molar-refractivity contribution is 0.206. The molecule has 2 aliphatic rings. The Morgan fingerprint density at radius 3 is 3.00 bits per heavy atom. The molecule has 0 radical (unpaired) electrons. The Kier molecular flexibility index (Phi) is 3.56. The van der Waals surface area contributed by atoms with Crippen LogP contribution in [0.3, 0.4) is 0 Å². The van der Waals surface area contributed by atoms with Gasteiger partial charge < -0.3 is 19.4 Å². The van der Waals surface area contributed by atoms with E-state index >= 15 is 0 Å². The lowest BCUT2D eigenvalue weighted by atomic mass is 10.2. The first-order valence-electron chi connectivity index (χ1n) is 8.83. The number of hydrogen-bond donors (Lipinski definition) is 1. The maximum atomic E-state index is 6.30.